The molecule has 1 atom stereocenters. The summed E-state index contributed by atoms with van der Waals surface area (Å²) in [5.41, 5.74) is 3.70. The summed E-state index contributed by atoms with van der Waals surface area (Å²) in [6.45, 7) is 4.23. The van der Waals surface area contributed by atoms with Gasteiger partial charge in [0.2, 0.25) is 10.0 Å². The lowest BCUT2D eigenvalue weighted by molar-refractivity contribution is 0.0979. The molecule has 0 fully saturated rings. The zero-order chi connectivity index (χ0) is 24.5. The van der Waals surface area contributed by atoms with Crippen LogP contribution in [0.4, 0.5) is 11.4 Å². The minimum absolute atomic E-state index is 0.0657. The monoisotopic (exact) mass is 479 g/mol. The van der Waals surface area contributed by atoms with Crippen LogP contribution in [0, 0.1) is 5.41 Å². The Labute approximate surface area is 198 Å². The van der Waals surface area contributed by atoms with E-state index in [9.17, 15) is 18.0 Å². The highest BCUT2D eigenvalue weighted by Gasteiger charge is 2.36. The number of amides is 2. The first-order valence-corrected chi connectivity index (χ1v) is 12.5. The van der Waals surface area contributed by atoms with E-state index in [1.807, 2.05) is 29.0 Å². The fraction of sp³-hybridized carbons (Fsp3) is 0.250. The van der Waals surface area contributed by atoms with E-state index in [0.29, 0.717) is 12.1 Å². The maximum absolute atomic E-state index is 12.5. The average molecular weight is 480 g/mol. The second-order valence-electron chi connectivity index (χ2n) is 8.99. The number of rotatable bonds is 5. The van der Waals surface area contributed by atoms with Gasteiger partial charge >= 0.3 is 0 Å². The number of hydrogen-bond acceptors (Lipinski definition) is 7. The third kappa shape index (κ3) is 5.23. The minimum atomic E-state index is -3.64. The van der Waals surface area contributed by atoms with E-state index >= 15 is 0 Å². The van der Waals surface area contributed by atoms with Crippen LogP contribution in [-0.4, -0.2) is 36.5 Å². The first-order chi connectivity index (χ1) is 16.0. The quantitative estimate of drug-likeness (QED) is 0.512. The fourth-order valence-corrected chi connectivity index (χ4v) is 4.59. The molecule has 0 aliphatic carbocycles. The second kappa shape index (κ2) is 8.86. The molecule has 4 rings (SSSR count). The minimum Gasteiger partial charge on any atom is -0.377 e. The normalized spacial score (nSPS) is 16.6. The van der Waals surface area contributed by atoms with Gasteiger partial charge in [-0.3, -0.25) is 14.6 Å². The Hall–Kier alpha value is -3.79. The molecule has 1 aromatic heterocycles. The van der Waals surface area contributed by atoms with Crippen molar-refractivity contribution < 1.29 is 18.0 Å². The van der Waals surface area contributed by atoms with Gasteiger partial charge in [-0.25, -0.2) is 18.1 Å². The highest BCUT2D eigenvalue weighted by Crippen LogP contribution is 2.45. The van der Waals surface area contributed by atoms with Crippen LogP contribution < -0.4 is 15.4 Å². The van der Waals surface area contributed by atoms with E-state index < -0.39 is 15.9 Å². The molecule has 0 radical (unpaired) electrons. The Morgan fingerprint density at radius 3 is 2.59 bits per heavy atom. The molecule has 2 heterocycles. The van der Waals surface area contributed by atoms with Crippen molar-refractivity contribution in [1.29, 1.82) is 0 Å². The number of aromatic nitrogens is 2. The molecule has 176 valence electrons. The Kier molecular flexibility index (Phi) is 6.09. The Morgan fingerprint density at radius 2 is 1.88 bits per heavy atom. The van der Waals surface area contributed by atoms with Gasteiger partial charge in [-0.2, -0.15) is 0 Å². The molecule has 34 heavy (non-hydrogen) atoms. The van der Waals surface area contributed by atoms with Crippen molar-refractivity contribution in [3.63, 3.8) is 0 Å². The predicted molar refractivity (Wildman–Crippen MR) is 129 cm³/mol. The maximum Gasteiger partial charge on any atom is 0.275 e. The molecular weight excluding hydrogens is 454 g/mol. The van der Waals surface area contributed by atoms with Gasteiger partial charge in [0.25, 0.3) is 11.8 Å². The Balaban J connectivity index is 1.57. The molecule has 3 aromatic rings. The summed E-state index contributed by atoms with van der Waals surface area (Å²) in [5.74, 6) is -0.997. The lowest BCUT2D eigenvalue weighted by Crippen LogP contribution is -2.35. The van der Waals surface area contributed by atoms with Gasteiger partial charge in [0.15, 0.2) is 0 Å². The number of carbonyl (C=O) groups is 2. The molecule has 2 amide bonds. The van der Waals surface area contributed by atoms with Crippen LogP contribution in [0.2, 0.25) is 0 Å². The Bertz CT molecular complexity index is 1360. The van der Waals surface area contributed by atoms with Crippen LogP contribution in [0.25, 0.3) is 0 Å². The van der Waals surface area contributed by atoms with Crippen molar-refractivity contribution in [2.45, 2.75) is 26.3 Å². The molecule has 0 saturated heterocycles. The number of nitrogens with zero attached hydrogens (tertiary/aromatic N) is 2. The summed E-state index contributed by atoms with van der Waals surface area (Å²) in [4.78, 5) is 32.7. The molecule has 10 heteroatoms. The van der Waals surface area contributed by atoms with Gasteiger partial charge in [-0.15, -0.1) is 0 Å². The third-order valence-electron chi connectivity index (χ3n) is 5.65. The average Bonchev–Trinajstić information content (AvgIpc) is 2.77. The van der Waals surface area contributed by atoms with E-state index in [1.165, 1.54) is 18.6 Å². The third-order valence-corrected chi connectivity index (χ3v) is 6.20. The number of fused-ring (bicyclic) bond motifs is 1. The standard InChI is InChI=1S/C24H25N5O4S/c1-24(2)13-17-11-16(22(30)29-34(3,32)33)7-8-19(17)28-21(24)15-5-4-6-18(12-15)27-23(31)20-14-25-9-10-26-20/h4-12,14,21,28H,13H2,1-3H3,(H,27,31)(H,29,30). The van der Waals surface area contributed by atoms with Gasteiger partial charge in [0.05, 0.1) is 18.5 Å². The fourth-order valence-electron chi connectivity index (χ4n) is 4.14. The van der Waals surface area contributed by atoms with Crippen molar-refractivity contribution >= 4 is 33.2 Å². The SMILES string of the molecule is CC1(C)Cc2cc(C(=O)NS(C)(=O)=O)ccc2NC1c1cccc(NC(=O)c2cnccn2)c1. The summed E-state index contributed by atoms with van der Waals surface area (Å²) >= 11 is 0. The van der Waals surface area contributed by atoms with Gasteiger partial charge in [-0.1, -0.05) is 26.0 Å². The molecule has 0 saturated carbocycles. The molecule has 1 unspecified atom stereocenters. The molecule has 1 aliphatic rings. The maximum atomic E-state index is 12.5. The number of hydrogen-bond donors (Lipinski definition) is 3. The van der Waals surface area contributed by atoms with Crippen molar-refractivity contribution in [1.82, 2.24) is 14.7 Å². The van der Waals surface area contributed by atoms with Crippen molar-refractivity contribution in [2.75, 3.05) is 16.9 Å². The summed E-state index contributed by atoms with van der Waals surface area (Å²) in [6.07, 6.45) is 5.99. The van der Waals surface area contributed by atoms with Gasteiger partial charge < -0.3 is 10.6 Å². The summed E-state index contributed by atoms with van der Waals surface area (Å²) in [5, 5.41) is 6.41. The largest absolute Gasteiger partial charge is 0.377 e. The zero-order valence-corrected chi connectivity index (χ0v) is 19.8. The Morgan fingerprint density at radius 1 is 1.09 bits per heavy atom. The first-order valence-electron chi connectivity index (χ1n) is 10.6. The van der Waals surface area contributed by atoms with Gasteiger partial charge in [0.1, 0.15) is 5.69 Å². The first kappa shape index (κ1) is 23.4. The second-order valence-corrected chi connectivity index (χ2v) is 10.7. The zero-order valence-electron chi connectivity index (χ0n) is 19.0. The number of carbonyl (C=O) groups excluding carboxylic acids is 2. The van der Waals surface area contributed by atoms with E-state index in [2.05, 4.69) is 34.4 Å². The van der Waals surface area contributed by atoms with Crippen LogP contribution in [0.1, 0.15) is 51.9 Å². The highest BCUT2D eigenvalue weighted by atomic mass is 32.2. The number of anilines is 2. The molecule has 1 aliphatic heterocycles. The smallest absolute Gasteiger partial charge is 0.275 e. The van der Waals surface area contributed by atoms with E-state index in [4.69, 9.17) is 0 Å². The van der Waals surface area contributed by atoms with Crippen LogP contribution in [0.15, 0.2) is 61.1 Å². The molecule has 2 aromatic carbocycles. The summed E-state index contributed by atoms with van der Waals surface area (Å²) < 4.78 is 24.8. The predicted octanol–water partition coefficient (Wildman–Crippen LogP) is 3.15. The van der Waals surface area contributed by atoms with Gasteiger partial charge in [0, 0.05) is 29.3 Å². The molecule has 0 bridgehead atoms. The lowest BCUT2D eigenvalue weighted by Gasteiger charge is -2.41. The number of benzene rings is 2. The van der Waals surface area contributed by atoms with E-state index in [1.54, 1.807) is 18.2 Å². The topological polar surface area (TPSA) is 130 Å². The van der Waals surface area contributed by atoms with Gasteiger partial charge in [-0.05, 0) is 53.3 Å². The molecule has 9 nitrogen and oxygen atoms in total. The molecular formula is C24H25N5O4S. The van der Waals surface area contributed by atoms with Crippen molar-refractivity contribution in [3.8, 4) is 0 Å². The lowest BCUT2D eigenvalue weighted by atomic mass is 9.72. The van der Waals surface area contributed by atoms with Crippen molar-refractivity contribution in [2.24, 2.45) is 5.41 Å². The van der Waals surface area contributed by atoms with Crippen LogP contribution in [-0.2, 0) is 16.4 Å². The van der Waals surface area contributed by atoms with Crippen LogP contribution in [0.5, 0.6) is 0 Å². The summed E-state index contributed by atoms with van der Waals surface area (Å²) in [6, 6.07) is 12.7. The van der Waals surface area contributed by atoms with E-state index in [0.717, 1.165) is 23.1 Å². The van der Waals surface area contributed by atoms with Crippen molar-refractivity contribution in [3.05, 3.63) is 83.4 Å². The van der Waals surface area contributed by atoms with Crippen LogP contribution in [0.3, 0.4) is 0 Å². The molecule has 3 N–H and O–H groups in total. The number of sulfonamides is 1. The van der Waals surface area contributed by atoms with Crippen LogP contribution >= 0.6 is 0 Å². The number of nitrogens with one attached hydrogen (secondary N) is 3. The highest BCUT2D eigenvalue weighted by molar-refractivity contribution is 7.89. The molecule has 0 spiro atoms. The van der Waals surface area contributed by atoms with E-state index in [-0.39, 0.29) is 28.6 Å². The summed E-state index contributed by atoms with van der Waals surface area (Å²) in [7, 11) is -3.64.